The SMILES string of the molecule is Cc1nn(C)cc1S(=O)(=O)NC(=O)c1ccc(-n2ccc(OCC3CCCC3)n2)nc1Cl. The number of aryl methyl sites for hydroxylation is 2. The lowest BCUT2D eigenvalue weighted by molar-refractivity contribution is 0.0981. The van der Waals surface area contributed by atoms with Gasteiger partial charge in [0.1, 0.15) is 10.0 Å². The first-order valence-corrected chi connectivity index (χ1v) is 12.0. The fraction of sp³-hybridized carbons (Fsp3) is 0.400. The van der Waals surface area contributed by atoms with Gasteiger partial charge in [0.15, 0.2) is 5.82 Å². The molecule has 1 fully saturated rings. The molecule has 0 unspecified atom stereocenters. The van der Waals surface area contributed by atoms with Crippen molar-refractivity contribution in [2.45, 2.75) is 37.5 Å². The summed E-state index contributed by atoms with van der Waals surface area (Å²) in [5.41, 5.74) is 0.197. The second-order valence-corrected chi connectivity index (χ2v) is 9.76. The van der Waals surface area contributed by atoms with Crippen LogP contribution in [0.2, 0.25) is 5.15 Å². The number of pyridine rings is 1. The van der Waals surface area contributed by atoms with Crippen molar-refractivity contribution in [3.05, 3.63) is 47.0 Å². The van der Waals surface area contributed by atoms with Gasteiger partial charge in [-0.05, 0) is 37.8 Å². The van der Waals surface area contributed by atoms with Gasteiger partial charge in [-0.1, -0.05) is 24.4 Å². The van der Waals surface area contributed by atoms with Gasteiger partial charge in [0.05, 0.1) is 17.9 Å². The third-order valence-corrected chi connectivity index (χ3v) is 7.03. The molecule has 4 rings (SSSR count). The highest BCUT2D eigenvalue weighted by molar-refractivity contribution is 7.90. The van der Waals surface area contributed by atoms with Gasteiger partial charge < -0.3 is 4.74 Å². The monoisotopic (exact) mass is 478 g/mol. The Labute approximate surface area is 190 Å². The molecule has 1 aliphatic carbocycles. The maximum Gasteiger partial charge on any atom is 0.268 e. The summed E-state index contributed by atoms with van der Waals surface area (Å²) in [5.74, 6) is 0.526. The highest BCUT2D eigenvalue weighted by atomic mass is 35.5. The Balaban J connectivity index is 1.46. The first-order valence-electron chi connectivity index (χ1n) is 10.2. The molecule has 0 aromatic carbocycles. The number of aromatic nitrogens is 5. The van der Waals surface area contributed by atoms with Gasteiger partial charge in [-0.2, -0.15) is 5.10 Å². The molecular formula is C20H23ClN6O4S. The molecule has 10 nitrogen and oxygen atoms in total. The smallest absolute Gasteiger partial charge is 0.268 e. The van der Waals surface area contributed by atoms with Crippen molar-refractivity contribution in [2.75, 3.05) is 6.61 Å². The van der Waals surface area contributed by atoms with Crippen molar-refractivity contribution in [3.63, 3.8) is 0 Å². The van der Waals surface area contributed by atoms with Crippen LogP contribution >= 0.6 is 11.6 Å². The number of amides is 1. The summed E-state index contributed by atoms with van der Waals surface area (Å²) < 4.78 is 35.7. The van der Waals surface area contributed by atoms with E-state index < -0.39 is 15.9 Å². The molecule has 0 radical (unpaired) electrons. The van der Waals surface area contributed by atoms with E-state index in [0.717, 1.165) is 0 Å². The van der Waals surface area contributed by atoms with Gasteiger partial charge in [0.2, 0.25) is 5.88 Å². The predicted molar refractivity (Wildman–Crippen MR) is 116 cm³/mol. The van der Waals surface area contributed by atoms with Crippen LogP contribution in [0.25, 0.3) is 5.82 Å². The van der Waals surface area contributed by atoms with Crippen LogP contribution in [0.1, 0.15) is 41.7 Å². The van der Waals surface area contributed by atoms with Crippen molar-refractivity contribution in [2.24, 2.45) is 13.0 Å². The molecule has 170 valence electrons. The number of rotatable bonds is 7. The van der Waals surface area contributed by atoms with Crippen LogP contribution in [0.15, 0.2) is 35.5 Å². The maximum absolute atomic E-state index is 12.6. The largest absolute Gasteiger partial charge is 0.476 e. The maximum atomic E-state index is 12.6. The third kappa shape index (κ3) is 4.78. The molecule has 0 saturated heterocycles. The lowest BCUT2D eigenvalue weighted by atomic mass is 10.1. The van der Waals surface area contributed by atoms with E-state index in [2.05, 4.69) is 15.2 Å². The summed E-state index contributed by atoms with van der Waals surface area (Å²) in [4.78, 5) is 16.6. The Bertz CT molecular complexity index is 1250. The number of ether oxygens (including phenoxy) is 1. The number of halogens is 1. The molecule has 3 aromatic heterocycles. The van der Waals surface area contributed by atoms with E-state index in [9.17, 15) is 13.2 Å². The Morgan fingerprint density at radius 3 is 2.66 bits per heavy atom. The van der Waals surface area contributed by atoms with Crippen LogP contribution in [0, 0.1) is 12.8 Å². The standard InChI is InChI=1S/C20H23ClN6O4S/c1-13-16(11-26(2)23-13)32(29,30)25-20(28)15-7-8-17(22-19(15)21)27-10-9-18(24-27)31-12-14-5-3-4-6-14/h7-11,14H,3-6,12H2,1-2H3,(H,25,28). The Morgan fingerprint density at radius 1 is 1.25 bits per heavy atom. The molecule has 0 spiro atoms. The molecular weight excluding hydrogens is 456 g/mol. The molecule has 1 aliphatic rings. The summed E-state index contributed by atoms with van der Waals surface area (Å²) in [6, 6.07) is 4.65. The second kappa shape index (κ2) is 8.91. The molecule has 32 heavy (non-hydrogen) atoms. The number of hydrogen-bond donors (Lipinski definition) is 1. The quantitative estimate of drug-likeness (QED) is 0.518. The number of sulfonamides is 1. The summed E-state index contributed by atoms with van der Waals surface area (Å²) in [6.45, 7) is 2.17. The zero-order valence-corrected chi connectivity index (χ0v) is 19.2. The van der Waals surface area contributed by atoms with E-state index in [1.807, 2.05) is 4.72 Å². The van der Waals surface area contributed by atoms with Gasteiger partial charge in [-0.3, -0.25) is 9.48 Å². The van der Waals surface area contributed by atoms with Crippen LogP contribution in [-0.4, -0.2) is 45.5 Å². The average molecular weight is 479 g/mol. The zero-order chi connectivity index (χ0) is 22.9. The van der Waals surface area contributed by atoms with Crippen molar-refractivity contribution < 1.29 is 17.9 Å². The van der Waals surface area contributed by atoms with Gasteiger partial charge in [0, 0.05) is 25.5 Å². The second-order valence-electron chi connectivity index (χ2n) is 7.75. The lowest BCUT2D eigenvalue weighted by Gasteiger charge is -2.09. The Hall–Kier alpha value is -2.92. The fourth-order valence-corrected chi connectivity index (χ4v) is 5.11. The molecule has 1 amide bonds. The molecule has 3 aromatic rings. The minimum absolute atomic E-state index is 0.0783. The van der Waals surface area contributed by atoms with E-state index >= 15 is 0 Å². The van der Waals surface area contributed by atoms with E-state index in [-0.39, 0.29) is 21.3 Å². The summed E-state index contributed by atoms with van der Waals surface area (Å²) in [5, 5.41) is 8.17. The highest BCUT2D eigenvalue weighted by Gasteiger charge is 2.25. The number of nitrogens with zero attached hydrogens (tertiary/aromatic N) is 5. The molecule has 0 atom stereocenters. The number of hydrogen-bond acceptors (Lipinski definition) is 7. The molecule has 1 N–H and O–H groups in total. The van der Waals surface area contributed by atoms with Crippen LogP contribution in [-0.2, 0) is 17.1 Å². The minimum Gasteiger partial charge on any atom is -0.476 e. The molecule has 3 heterocycles. The van der Waals surface area contributed by atoms with Crippen LogP contribution < -0.4 is 9.46 Å². The summed E-state index contributed by atoms with van der Waals surface area (Å²) in [7, 11) is -2.52. The van der Waals surface area contributed by atoms with Crippen LogP contribution in [0.4, 0.5) is 0 Å². The molecule has 0 bridgehead atoms. The normalized spacial score (nSPS) is 14.6. The summed E-state index contributed by atoms with van der Waals surface area (Å²) in [6.07, 6.45) is 7.84. The third-order valence-electron chi connectivity index (χ3n) is 5.30. The van der Waals surface area contributed by atoms with Crippen molar-refractivity contribution in [3.8, 4) is 11.7 Å². The van der Waals surface area contributed by atoms with Gasteiger partial charge in [-0.25, -0.2) is 22.8 Å². The fourth-order valence-electron chi connectivity index (χ4n) is 3.69. The first kappa shape index (κ1) is 22.3. The van der Waals surface area contributed by atoms with Crippen molar-refractivity contribution in [1.82, 2.24) is 29.3 Å². The Kier molecular flexibility index (Phi) is 6.20. The van der Waals surface area contributed by atoms with Crippen molar-refractivity contribution in [1.29, 1.82) is 0 Å². The Morgan fingerprint density at radius 2 is 2.00 bits per heavy atom. The van der Waals surface area contributed by atoms with Gasteiger partial charge >= 0.3 is 0 Å². The van der Waals surface area contributed by atoms with E-state index in [1.165, 1.54) is 60.3 Å². The van der Waals surface area contributed by atoms with Crippen LogP contribution in [0.3, 0.4) is 0 Å². The van der Waals surface area contributed by atoms with E-state index in [4.69, 9.17) is 16.3 Å². The number of carbonyl (C=O) groups excluding carboxylic acids is 1. The van der Waals surface area contributed by atoms with Gasteiger partial charge in [0.25, 0.3) is 15.9 Å². The van der Waals surface area contributed by atoms with E-state index in [1.54, 1.807) is 19.3 Å². The number of nitrogens with one attached hydrogen (secondary N) is 1. The number of carbonyl (C=O) groups is 1. The summed E-state index contributed by atoms with van der Waals surface area (Å²) >= 11 is 6.18. The van der Waals surface area contributed by atoms with Crippen LogP contribution in [0.5, 0.6) is 5.88 Å². The van der Waals surface area contributed by atoms with Crippen molar-refractivity contribution >= 4 is 27.5 Å². The average Bonchev–Trinajstić information content (AvgIpc) is 3.47. The topological polar surface area (TPSA) is 121 Å². The lowest BCUT2D eigenvalue weighted by Crippen LogP contribution is -2.31. The van der Waals surface area contributed by atoms with Gasteiger partial charge in [-0.15, -0.1) is 5.10 Å². The predicted octanol–water partition coefficient (Wildman–Crippen LogP) is 2.65. The first-order chi connectivity index (χ1) is 15.2. The molecule has 12 heteroatoms. The zero-order valence-electron chi connectivity index (χ0n) is 17.7. The minimum atomic E-state index is -4.11. The molecule has 0 aliphatic heterocycles. The molecule has 1 saturated carbocycles. The highest BCUT2D eigenvalue weighted by Crippen LogP contribution is 2.25. The van der Waals surface area contributed by atoms with E-state index in [0.29, 0.717) is 24.2 Å².